The number of halogens is 1. The molecule has 2 heterocycles. The van der Waals surface area contributed by atoms with Crippen LogP contribution >= 0.6 is 0 Å². The first-order valence-corrected chi connectivity index (χ1v) is 11.6. The molecule has 1 aromatic heterocycles. The molecule has 1 atom stereocenters. The Bertz CT molecular complexity index is 1030. The number of aromatic nitrogens is 1. The maximum absolute atomic E-state index is 14.1. The van der Waals surface area contributed by atoms with Gasteiger partial charge in [-0.2, -0.15) is 4.31 Å². The summed E-state index contributed by atoms with van der Waals surface area (Å²) < 4.78 is 46.3. The molecule has 2 amide bonds. The van der Waals surface area contributed by atoms with Crippen molar-refractivity contribution in [1.82, 2.24) is 9.29 Å². The first-order valence-electron chi connectivity index (χ1n) is 10.1. The van der Waals surface area contributed by atoms with Crippen molar-refractivity contribution >= 4 is 27.4 Å². The van der Waals surface area contributed by atoms with Gasteiger partial charge in [-0.25, -0.2) is 17.6 Å². The Balaban J connectivity index is 1.65. The van der Waals surface area contributed by atoms with Crippen LogP contribution in [-0.2, 0) is 10.0 Å². The second-order valence-corrected chi connectivity index (χ2v) is 10.3. The van der Waals surface area contributed by atoms with Gasteiger partial charge in [0.15, 0.2) is 0 Å². The molecule has 0 bridgehead atoms. The Kier molecular flexibility index (Phi) is 7.11. The first-order chi connectivity index (χ1) is 14.6. The predicted molar refractivity (Wildman–Crippen MR) is 117 cm³/mol. The van der Waals surface area contributed by atoms with Gasteiger partial charge < -0.3 is 15.4 Å². The Hall–Kier alpha value is -2.72. The second-order valence-electron chi connectivity index (χ2n) is 7.78. The van der Waals surface area contributed by atoms with Gasteiger partial charge in [-0.05, 0) is 51.8 Å². The number of nitrogens with zero attached hydrogens (tertiary/aromatic N) is 2. The molecule has 8 nitrogen and oxygen atoms in total. The Morgan fingerprint density at radius 3 is 2.65 bits per heavy atom. The molecule has 1 unspecified atom stereocenters. The number of sulfonamides is 1. The predicted octanol–water partition coefficient (Wildman–Crippen LogP) is 3.75. The molecule has 1 fully saturated rings. The summed E-state index contributed by atoms with van der Waals surface area (Å²) in [6, 6.07) is 6.82. The van der Waals surface area contributed by atoms with Crippen LogP contribution in [0.2, 0.25) is 0 Å². The lowest BCUT2D eigenvalue weighted by Crippen LogP contribution is -2.46. The molecule has 0 radical (unpaired) electrons. The monoisotopic (exact) mass is 450 g/mol. The standard InChI is InChI=1S/C21H27FN4O4S/c1-14(2)31(28,29)26-8-4-5-19(13-26)30-20-10-16(22)9-18(11-20)25-21(27)24-17-7-6-15(3)23-12-17/h6-7,9-12,14,19H,4-5,8,13H2,1-3H3,(H2,24,25,27). The van der Waals surface area contributed by atoms with Gasteiger partial charge in [-0.1, -0.05) is 0 Å². The quantitative estimate of drug-likeness (QED) is 0.698. The van der Waals surface area contributed by atoms with Crippen LogP contribution in [0.4, 0.5) is 20.6 Å². The second kappa shape index (κ2) is 9.61. The van der Waals surface area contributed by atoms with Crippen LogP contribution in [0.1, 0.15) is 32.4 Å². The third-order valence-corrected chi connectivity index (χ3v) is 7.14. The fraction of sp³-hybridized carbons (Fsp3) is 0.429. The minimum absolute atomic E-state index is 0.209. The van der Waals surface area contributed by atoms with Gasteiger partial charge in [-0.3, -0.25) is 4.98 Å². The Labute approximate surface area is 181 Å². The molecule has 0 saturated carbocycles. The number of aryl methyl sites for hydroxylation is 1. The molecule has 168 valence electrons. The van der Waals surface area contributed by atoms with Gasteiger partial charge in [0, 0.05) is 30.1 Å². The van der Waals surface area contributed by atoms with Crippen molar-refractivity contribution in [3.05, 3.63) is 48.0 Å². The molecule has 10 heteroatoms. The number of anilines is 2. The van der Waals surface area contributed by atoms with Crippen LogP contribution in [0.3, 0.4) is 0 Å². The van der Waals surface area contributed by atoms with E-state index in [1.807, 2.05) is 6.92 Å². The summed E-state index contributed by atoms with van der Waals surface area (Å²) in [5, 5.41) is 4.67. The number of amides is 2. The van der Waals surface area contributed by atoms with Gasteiger partial charge >= 0.3 is 6.03 Å². The summed E-state index contributed by atoms with van der Waals surface area (Å²) in [5.74, 6) is -0.353. The van der Waals surface area contributed by atoms with E-state index >= 15 is 0 Å². The Morgan fingerprint density at radius 1 is 1.23 bits per heavy atom. The van der Waals surface area contributed by atoms with E-state index in [9.17, 15) is 17.6 Å². The number of rotatable bonds is 6. The normalized spacial score (nSPS) is 17.4. The van der Waals surface area contributed by atoms with Crippen molar-refractivity contribution in [3.8, 4) is 5.75 Å². The maximum Gasteiger partial charge on any atom is 0.323 e. The van der Waals surface area contributed by atoms with E-state index in [0.29, 0.717) is 25.1 Å². The van der Waals surface area contributed by atoms with E-state index in [2.05, 4.69) is 15.6 Å². The summed E-state index contributed by atoms with van der Waals surface area (Å²) >= 11 is 0. The lowest BCUT2D eigenvalue weighted by atomic mass is 10.1. The summed E-state index contributed by atoms with van der Waals surface area (Å²) in [6.45, 7) is 5.77. The van der Waals surface area contributed by atoms with E-state index in [-0.39, 0.29) is 18.0 Å². The number of urea groups is 1. The highest BCUT2D eigenvalue weighted by atomic mass is 32.2. The molecule has 0 aliphatic carbocycles. The summed E-state index contributed by atoms with van der Waals surface area (Å²) in [4.78, 5) is 16.3. The van der Waals surface area contributed by atoms with Crippen molar-refractivity contribution in [2.45, 2.75) is 45.0 Å². The molecule has 2 N–H and O–H groups in total. The number of piperidine rings is 1. The highest BCUT2D eigenvalue weighted by molar-refractivity contribution is 7.89. The number of hydrogen-bond acceptors (Lipinski definition) is 5. The van der Waals surface area contributed by atoms with Gasteiger partial charge in [-0.15, -0.1) is 0 Å². The smallest absolute Gasteiger partial charge is 0.323 e. The van der Waals surface area contributed by atoms with Gasteiger partial charge in [0.1, 0.15) is 17.7 Å². The number of pyridine rings is 1. The number of carbonyl (C=O) groups excluding carboxylic acids is 1. The fourth-order valence-electron chi connectivity index (χ4n) is 3.26. The average molecular weight is 451 g/mol. The van der Waals surface area contributed by atoms with E-state index in [0.717, 1.165) is 5.69 Å². The van der Waals surface area contributed by atoms with Crippen molar-refractivity contribution in [2.75, 3.05) is 23.7 Å². The third kappa shape index (κ3) is 6.14. The number of ether oxygens (including phenoxy) is 1. The number of carbonyl (C=O) groups is 1. The molecule has 2 aromatic rings. The minimum atomic E-state index is -3.38. The van der Waals surface area contributed by atoms with E-state index in [4.69, 9.17) is 4.74 Å². The van der Waals surface area contributed by atoms with Gasteiger partial charge in [0.05, 0.1) is 23.7 Å². The fourth-order valence-corrected chi connectivity index (χ4v) is 4.61. The van der Waals surface area contributed by atoms with Crippen LogP contribution in [-0.4, -0.2) is 48.2 Å². The van der Waals surface area contributed by atoms with E-state index in [1.165, 1.54) is 28.7 Å². The van der Waals surface area contributed by atoms with Crippen molar-refractivity contribution in [3.63, 3.8) is 0 Å². The minimum Gasteiger partial charge on any atom is -0.489 e. The number of hydrogen-bond donors (Lipinski definition) is 2. The largest absolute Gasteiger partial charge is 0.489 e. The summed E-state index contributed by atoms with van der Waals surface area (Å²) in [6.07, 6.45) is 2.44. The highest BCUT2D eigenvalue weighted by Crippen LogP contribution is 2.25. The van der Waals surface area contributed by atoms with Gasteiger partial charge in [0.2, 0.25) is 10.0 Å². The van der Waals surface area contributed by atoms with Crippen molar-refractivity contribution in [1.29, 1.82) is 0 Å². The highest BCUT2D eigenvalue weighted by Gasteiger charge is 2.32. The molecule has 1 aromatic carbocycles. The van der Waals surface area contributed by atoms with Crippen LogP contribution in [0.25, 0.3) is 0 Å². The zero-order chi connectivity index (χ0) is 22.6. The van der Waals surface area contributed by atoms with E-state index in [1.54, 1.807) is 26.0 Å². The van der Waals surface area contributed by atoms with Crippen molar-refractivity contribution in [2.24, 2.45) is 0 Å². The molecule has 0 spiro atoms. The molecular formula is C21H27FN4O4S. The van der Waals surface area contributed by atoms with Crippen LogP contribution in [0, 0.1) is 12.7 Å². The van der Waals surface area contributed by atoms with Crippen molar-refractivity contribution < 1.29 is 22.3 Å². The van der Waals surface area contributed by atoms with Crippen LogP contribution in [0.15, 0.2) is 36.5 Å². The maximum atomic E-state index is 14.1. The lowest BCUT2D eigenvalue weighted by molar-refractivity contribution is 0.129. The molecule has 1 saturated heterocycles. The topological polar surface area (TPSA) is 101 Å². The molecule has 1 aliphatic rings. The summed E-state index contributed by atoms with van der Waals surface area (Å²) in [7, 11) is -3.38. The SMILES string of the molecule is Cc1ccc(NC(=O)Nc2cc(F)cc(OC3CCCN(S(=O)(=O)C(C)C)C3)c2)cn1. The number of nitrogens with one attached hydrogen (secondary N) is 2. The van der Waals surface area contributed by atoms with E-state index < -0.39 is 33.2 Å². The zero-order valence-corrected chi connectivity index (χ0v) is 18.6. The van der Waals surface area contributed by atoms with Crippen LogP contribution < -0.4 is 15.4 Å². The number of benzene rings is 1. The third-order valence-electron chi connectivity index (χ3n) is 4.90. The summed E-state index contributed by atoms with van der Waals surface area (Å²) in [5.41, 5.74) is 1.54. The lowest BCUT2D eigenvalue weighted by Gasteiger charge is -2.33. The first kappa shape index (κ1) is 23.0. The molecule has 1 aliphatic heterocycles. The Morgan fingerprint density at radius 2 is 1.97 bits per heavy atom. The molecule has 3 rings (SSSR count). The van der Waals surface area contributed by atoms with Gasteiger partial charge in [0.25, 0.3) is 0 Å². The zero-order valence-electron chi connectivity index (χ0n) is 17.8. The molecule has 31 heavy (non-hydrogen) atoms. The van der Waals surface area contributed by atoms with Crippen LogP contribution in [0.5, 0.6) is 5.75 Å². The average Bonchev–Trinajstić information content (AvgIpc) is 2.69. The molecular weight excluding hydrogens is 423 g/mol.